The summed E-state index contributed by atoms with van der Waals surface area (Å²) in [4.78, 5) is 11.7. The molecule has 0 fully saturated rings. The lowest BCUT2D eigenvalue weighted by Crippen LogP contribution is -2.31. The first-order valence-electron chi connectivity index (χ1n) is 5.56. The molecule has 1 unspecified atom stereocenters. The number of ether oxygens (including phenoxy) is 2. The fourth-order valence-electron chi connectivity index (χ4n) is 1.34. The molecule has 0 aliphatic carbocycles. The topological polar surface area (TPSA) is 47.6 Å². The number of nitrogens with one attached hydrogen (secondary N) is 1. The van der Waals surface area contributed by atoms with Gasteiger partial charge in [0.05, 0.1) is 17.8 Å². The summed E-state index contributed by atoms with van der Waals surface area (Å²) in [6, 6.07) is 4.64. The molecule has 1 aromatic carbocycles. The van der Waals surface area contributed by atoms with Gasteiger partial charge < -0.3 is 14.8 Å². The van der Waals surface area contributed by atoms with Crippen LogP contribution in [0.4, 0.5) is 18.9 Å². The van der Waals surface area contributed by atoms with E-state index in [1.807, 2.05) is 0 Å². The largest absolute Gasteiger partial charge is 0.493 e. The molecule has 112 valence electrons. The lowest BCUT2D eigenvalue weighted by molar-refractivity contribution is -0.184. The van der Waals surface area contributed by atoms with Crippen LogP contribution in [0.25, 0.3) is 0 Å². The van der Waals surface area contributed by atoms with Crippen molar-refractivity contribution >= 4 is 23.2 Å². The third kappa shape index (κ3) is 4.90. The van der Waals surface area contributed by atoms with E-state index in [9.17, 15) is 18.0 Å². The second-order valence-corrected chi connectivity index (χ2v) is 4.29. The quantitative estimate of drug-likeness (QED) is 0.908. The van der Waals surface area contributed by atoms with Crippen LogP contribution in [0.1, 0.15) is 6.92 Å². The zero-order valence-electron chi connectivity index (χ0n) is 10.8. The van der Waals surface area contributed by atoms with Crippen LogP contribution in [-0.2, 0) is 9.53 Å². The number of hydrogen-bond donors (Lipinski definition) is 1. The molecule has 0 radical (unpaired) electrons. The Balaban J connectivity index is 2.69. The zero-order valence-corrected chi connectivity index (χ0v) is 11.5. The average molecular weight is 312 g/mol. The van der Waals surface area contributed by atoms with Gasteiger partial charge in [0.15, 0.2) is 5.75 Å². The number of alkyl halides is 3. The first-order chi connectivity index (χ1) is 9.24. The van der Waals surface area contributed by atoms with Crippen molar-refractivity contribution in [3.05, 3.63) is 23.2 Å². The Bertz CT molecular complexity index is 480. The van der Waals surface area contributed by atoms with Crippen LogP contribution in [0, 0.1) is 0 Å². The van der Waals surface area contributed by atoms with Crippen molar-refractivity contribution in [1.29, 1.82) is 0 Å². The summed E-state index contributed by atoms with van der Waals surface area (Å²) in [6.45, 7) is -0.271. The highest BCUT2D eigenvalue weighted by Crippen LogP contribution is 2.32. The average Bonchev–Trinajstić information content (AvgIpc) is 2.35. The smallest absolute Gasteiger partial charge is 0.411 e. The summed E-state index contributed by atoms with van der Waals surface area (Å²) in [7, 11) is 1.36. The summed E-state index contributed by atoms with van der Waals surface area (Å²) in [5.74, 6) is -0.500. The molecular weight excluding hydrogens is 299 g/mol. The normalized spacial score (nSPS) is 12.9. The van der Waals surface area contributed by atoms with Crippen LogP contribution < -0.4 is 10.1 Å². The van der Waals surface area contributed by atoms with Gasteiger partial charge in [-0.25, -0.2) is 0 Å². The number of benzene rings is 1. The van der Waals surface area contributed by atoms with Crippen molar-refractivity contribution in [3.63, 3.8) is 0 Å². The molecule has 1 rings (SSSR count). The maximum Gasteiger partial charge on any atom is 0.411 e. The molecule has 1 amide bonds. The Morgan fingerprint density at radius 1 is 1.45 bits per heavy atom. The van der Waals surface area contributed by atoms with E-state index in [0.717, 1.165) is 0 Å². The fraction of sp³-hybridized carbons (Fsp3) is 0.417. The molecule has 0 spiro atoms. The number of hydrogen-bond acceptors (Lipinski definition) is 3. The molecule has 0 aliphatic heterocycles. The van der Waals surface area contributed by atoms with Gasteiger partial charge in [0.25, 0.3) is 5.91 Å². The van der Waals surface area contributed by atoms with Gasteiger partial charge in [-0.1, -0.05) is 17.7 Å². The van der Waals surface area contributed by atoms with Crippen molar-refractivity contribution in [1.82, 2.24) is 0 Å². The van der Waals surface area contributed by atoms with Gasteiger partial charge in [-0.15, -0.1) is 0 Å². The Morgan fingerprint density at radius 2 is 2.10 bits per heavy atom. The number of anilines is 1. The Hall–Kier alpha value is -1.47. The van der Waals surface area contributed by atoms with Crippen molar-refractivity contribution in [2.24, 2.45) is 0 Å². The van der Waals surface area contributed by atoms with Crippen LogP contribution in [-0.4, -0.2) is 31.9 Å². The molecule has 1 aromatic rings. The molecule has 1 atom stereocenters. The summed E-state index contributed by atoms with van der Waals surface area (Å²) < 4.78 is 45.4. The number of halogens is 4. The van der Waals surface area contributed by atoms with Crippen LogP contribution >= 0.6 is 11.6 Å². The minimum absolute atomic E-state index is 0.227. The number of amides is 1. The molecule has 8 heteroatoms. The highest BCUT2D eigenvalue weighted by Gasteiger charge is 2.30. The second kappa shape index (κ2) is 6.81. The highest BCUT2D eigenvalue weighted by molar-refractivity contribution is 6.32. The van der Waals surface area contributed by atoms with E-state index in [1.54, 1.807) is 12.1 Å². The fourth-order valence-corrected chi connectivity index (χ4v) is 1.60. The van der Waals surface area contributed by atoms with E-state index in [0.29, 0.717) is 0 Å². The molecule has 1 N–H and O–H groups in total. The molecular formula is C12H13ClF3NO3. The van der Waals surface area contributed by atoms with Crippen molar-refractivity contribution in [2.45, 2.75) is 19.2 Å². The number of para-hydroxylation sites is 1. The summed E-state index contributed by atoms with van der Waals surface area (Å²) in [5.41, 5.74) is 0.257. The summed E-state index contributed by atoms with van der Waals surface area (Å²) >= 11 is 5.86. The number of rotatable bonds is 5. The number of carbonyl (C=O) groups excluding carboxylic acids is 1. The van der Waals surface area contributed by atoms with E-state index < -0.39 is 24.8 Å². The van der Waals surface area contributed by atoms with Crippen LogP contribution in [0.3, 0.4) is 0 Å². The van der Waals surface area contributed by atoms with E-state index in [-0.39, 0.29) is 16.5 Å². The third-order valence-corrected chi connectivity index (χ3v) is 2.59. The SMILES string of the molecule is COc1c(Cl)cccc1NC(=O)C(C)OCC(F)(F)F. The summed E-state index contributed by atoms with van der Waals surface area (Å²) in [6.07, 6.45) is -5.75. The minimum atomic E-state index is -4.48. The van der Waals surface area contributed by atoms with Gasteiger partial charge in [0, 0.05) is 0 Å². The highest BCUT2D eigenvalue weighted by atomic mass is 35.5. The molecule has 0 aromatic heterocycles. The predicted molar refractivity (Wildman–Crippen MR) is 68.1 cm³/mol. The monoisotopic (exact) mass is 311 g/mol. The van der Waals surface area contributed by atoms with Gasteiger partial charge in [-0.2, -0.15) is 13.2 Å². The molecule has 4 nitrogen and oxygen atoms in total. The van der Waals surface area contributed by atoms with Gasteiger partial charge >= 0.3 is 6.18 Å². The van der Waals surface area contributed by atoms with Gasteiger partial charge in [-0.3, -0.25) is 4.79 Å². The number of methoxy groups -OCH3 is 1. The van der Waals surface area contributed by atoms with E-state index >= 15 is 0 Å². The second-order valence-electron chi connectivity index (χ2n) is 3.88. The first-order valence-corrected chi connectivity index (χ1v) is 5.94. The van der Waals surface area contributed by atoms with Gasteiger partial charge in [0.2, 0.25) is 0 Å². The molecule has 0 aliphatic rings. The van der Waals surface area contributed by atoms with Crippen molar-refractivity contribution < 1.29 is 27.4 Å². The molecule has 0 saturated heterocycles. The van der Waals surface area contributed by atoms with Crippen molar-refractivity contribution in [3.8, 4) is 5.75 Å². The maximum atomic E-state index is 12.0. The molecule has 20 heavy (non-hydrogen) atoms. The number of carbonyl (C=O) groups is 1. The first kappa shape index (κ1) is 16.6. The maximum absolute atomic E-state index is 12.0. The Kier molecular flexibility index (Phi) is 5.64. The standard InChI is InChI=1S/C12H13ClF3NO3/c1-7(20-6-12(14,15)16)11(18)17-9-5-3-4-8(13)10(9)19-2/h3-5,7H,6H2,1-2H3,(H,17,18). The summed E-state index contributed by atoms with van der Waals surface area (Å²) in [5, 5.41) is 2.67. The van der Waals surface area contributed by atoms with E-state index in [4.69, 9.17) is 16.3 Å². The molecule has 0 bridgehead atoms. The molecule has 0 saturated carbocycles. The third-order valence-electron chi connectivity index (χ3n) is 2.30. The predicted octanol–water partition coefficient (Wildman–Crippen LogP) is 3.25. The lowest BCUT2D eigenvalue weighted by atomic mass is 10.2. The van der Waals surface area contributed by atoms with Crippen LogP contribution in [0.15, 0.2) is 18.2 Å². The van der Waals surface area contributed by atoms with E-state index in [1.165, 1.54) is 20.1 Å². The lowest BCUT2D eigenvalue weighted by Gasteiger charge is -2.16. The molecule has 0 heterocycles. The van der Waals surface area contributed by atoms with Crippen molar-refractivity contribution in [2.75, 3.05) is 19.0 Å². The minimum Gasteiger partial charge on any atom is -0.493 e. The van der Waals surface area contributed by atoms with Gasteiger partial charge in [-0.05, 0) is 19.1 Å². The Labute approximate surface area is 118 Å². The van der Waals surface area contributed by atoms with E-state index in [2.05, 4.69) is 10.1 Å². The zero-order chi connectivity index (χ0) is 15.3. The Morgan fingerprint density at radius 3 is 2.65 bits per heavy atom. The van der Waals surface area contributed by atoms with Crippen LogP contribution in [0.5, 0.6) is 5.75 Å². The van der Waals surface area contributed by atoms with Gasteiger partial charge in [0.1, 0.15) is 12.7 Å². The van der Waals surface area contributed by atoms with Crippen LogP contribution in [0.2, 0.25) is 5.02 Å².